The Morgan fingerprint density at radius 2 is 2.16 bits per heavy atom. The van der Waals surface area contributed by atoms with E-state index in [1.807, 2.05) is 37.5 Å². The van der Waals surface area contributed by atoms with Crippen LogP contribution in [0.5, 0.6) is 0 Å². The Labute approximate surface area is 148 Å². The number of likely N-dealkylation sites (tertiary alicyclic amines) is 1. The molecule has 2 aliphatic rings. The predicted octanol–water partition coefficient (Wildman–Crippen LogP) is 3.32. The molecule has 5 nitrogen and oxygen atoms in total. The highest BCUT2D eigenvalue weighted by molar-refractivity contribution is 5.09. The van der Waals surface area contributed by atoms with E-state index in [0.717, 1.165) is 50.3 Å². The summed E-state index contributed by atoms with van der Waals surface area (Å²) in [5.41, 5.74) is 3.29. The van der Waals surface area contributed by atoms with E-state index in [0.29, 0.717) is 13.2 Å². The number of furan rings is 1. The molecule has 1 spiro atoms. The van der Waals surface area contributed by atoms with Crippen LogP contribution in [0, 0.1) is 6.92 Å². The molecule has 2 aromatic heterocycles. The lowest BCUT2D eigenvalue weighted by atomic mass is 9.88. The van der Waals surface area contributed by atoms with Crippen molar-refractivity contribution in [3.63, 3.8) is 0 Å². The fourth-order valence-corrected chi connectivity index (χ4v) is 3.90. The number of aryl methyl sites for hydroxylation is 1. The zero-order chi connectivity index (χ0) is 17.1. The Morgan fingerprint density at radius 3 is 2.92 bits per heavy atom. The van der Waals surface area contributed by atoms with E-state index in [-0.39, 0.29) is 11.7 Å². The summed E-state index contributed by atoms with van der Waals surface area (Å²) in [6, 6.07) is 8.10. The number of ether oxygens (including phenoxy) is 2. The first kappa shape index (κ1) is 16.8. The van der Waals surface area contributed by atoms with E-state index in [2.05, 4.69) is 9.88 Å². The molecule has 134 valence electrons. The Morgan fingerprint density at radius 1 is 1.28 bits per heavy atom. The third-order valence-electron chi connectivity index (χ3n) is 5.34. The lowest BCUT2D eigenvalue weighted by molar-refractivity contribution is -0.0468. The SMILES string of the molecule is Cc1cccc(CO[C@@H]2COC3(CCN(Cc4ccoc4)CC3)C2)n1. The predicted molar refractivity (Wildman–Crippen MR) is 94.1 cm³/mol. The summed E-state index contributed by atoms with van der Waals surface area (Å²) >= 11 is 0. The molecule has 0 aliphatic carbocycles. The van der Waals surface area contributed by atoms with Crippen LogP contribution in [-0.2, 0) is 22.6 Å². The van der Waals surface area contributed by atoms with Crippen molar-refractivity contribution in [2.75, 3.05) is 19.7 Å². The van der Waals surface area contributed by atoms with Crippen molar-refractivity contribution in [2.45, 2.75) is 51.0 Å². The molecule has 4 heterocycles. The largest absolute Gasteiger partial charge is 0.472 e. The van der Waals surface area contributed by atoms with Crippen molar-refractivity contribution in [2.24, 2.45) is 0 Å². The van der Waals surface area contributed by atoms with Crippen molar-refractivity contribution < 1.29 is 13.9 Å². The fraction of sp³-hybridized carbons (Fsp3) is 0.550. The van der Waals surface area contributed by atoms with Crippen LogP contribution in [0.25, 0.3) is 0 Å². The van der Waals surface area contributed by atoms with Gasteiger partial charge in [-0.15, -0.1) is 0 Å². The molecule has 1 atom stereocenters. The van der Waals surface area contributed by atoms with Crippen LogP contribution < -0.4 is 0 Å². The fourth-order valence-electron chi connectivity index (χ4n) is 3.90. The van der Waals surface area contributed by atoms with Crippen molar-refractivity contribution in [1.82, 2.24) is 9.88 Å². The van der Waals surface area contributed by atoms with Crippen LogP contribution in [0.3, 0.4) is 0 Å². The van der Waals surface area contributed by atoms with Crippen molar-refractivity contribution in [1.29, 1.82) is 0 Å². The number of hydrogen-bond donors (Lipinski definition) is 0. The van der Waals surface area contributed by atoms with E-state index in [9.17, 15) is 0 Å². The molecule has 4 rings (SSSR count). The molecule has 0 radical (unpaired) electrons. The molecule has 0 bridgehead atoms. The number of nitrogens with zero attached hydrogens (tertiary/aromatic N) is 2. The average Bonchev–Trinajstić information content (AvgIpc) is 3.26. The second-order valence-corrected chi connectivity index (χ2v) is 7.31. The molecule has 0 N–H and O–H groups in total. The zero-order valence-electron chi connectivity index (χ0n) is 14.8. The van der Waals surface area contributed by atoms with Gasteiger partial charge in [0, 0.05) is 37.3 Å². The van der Waals surface area contributed by atoms with E-state index in [1.165, 1.54) is 5.56 Å². The second-order valence-electron chi connectivity index (χ2n) is 7.31. The van der Waals surface area contributed by atoms with Crippen LogP contribution in [0.4, 0.5) is 0 Å². The Hall–Kier alpha value is -1.69. The van der Waals surface area contributed by atoms with E-state index < -0.39 is 0 Å². The molecule has 0 unspecified atom stereocenters. The molecule has 0 aromatic carbocycles. The maximum atomic E-state index is 6.20. The summed E-state index contributed by atoms with van der Waals surface area (Å²) in [5.74, 6) is 0. The molecule has 2 fully saturated rings. The quantitative estimate of drug-likeness (QED) is 0.834. The number of rotatable bonds is 5. The minimum atomic E-state index is 0.0115. The first-order valence-electron chi connectivity index (χ1n) is 9.12. The molecule has 5 heteroatoms. The third kappa shape index (κ3) is 4.11. The van der Waals surface area contributed by atoms with Gasteiger partial charge in [-0.25, -0.2) is 0 Å². The summed E-state index contributed by atoms with van der Waals surface area (Å²) < 4.78 is 17.4. The first-order valence-corrected chi connectivity index (χ1v) is 9.12. The van der Waals surface area contributed by atoms with Gasteiger partial charge in [-0.2, -0.15) is 0 Å². The molecule has 0 amide bonds. The van der Waals surface area contributed by atoms with Gasteiger partial charge in [-0.3, -0.25) is 9.88 Å². The Bertz CT molecular complexity index is 678. The lowest BCUT2D eigenvalue weighted by Gasteiger charge is -2.38. The van der Waals surface area contributed by atoms with Crippen LogP contribution in [0.2, 0.25) is 0 Å². The minimum Gasteiger partial charge on any atom is -0.472 e. The summed E-state index contributed by atoms with van der Waals surface area (Å²) in [5, 5.41) is 0. The van der Waals surface area contributed by atoms with Gasteiger partial charge in [-0.1, -0.05) is 6.07 Å². The summed E-state index contributed by atoms with van der Waals surface area (Å²) in [6.07, 6.45) is 6.91. The van der Waals surface area contributed by atoms with Crippen molar-refractivity contribution in [3.05, 3.63) is 53.7 Å². The van der Waals surface area contributed by atoms with Gasteiger partial charge in [0.15, 0.2) is 0 Å². The first-order chi connectivity index (χ1) is 12.2. The van der Waals surface area contributed by atoms with Crippen LogP contribution in [0.15, 0.2) is 41.2 Å². The highest BCUT2D eigenvalue weighted by atomic mass is 16.6. The number of piperidine rings is 1. The van der Waals surface area contributed by atoms with Gasteiger partial charge in [0.05, 0.1) is 43.1 Å². The van der Waals surface area contributed by atoms with E-state index in [1.54, 1.807) is 6.26 Å². The topological polar surface area (TPSA) is 47.7 Å². The molecule has 2 saturated heterocycles. The van der Waals surface area contributed by atoms with Crippen LogP contribution in [-0.4, -0.2) is 41.3 Å². The molecule has 2 aliphatic heterocycles. The smallest absolute Gasteiger partial charge is 0.0947 e. The molecule has 25 heavy (non-hydrogen) atoms. The third-order valence-corrected chi connectivity index (χ3v) is 5.34. The second kappa shape index (κ2) is 7.28. The summed E-state index contributed by atoms with van der Waals surface area (Å²) in [6.45, 7) is 6.38. The van der Waals surface area contributed by atoms with Gasteiger partial charge in [0.2, 0.25) is 0 Å². The normalized spacial score (nSPS) is 23.3. The van der Waals surface area contributed by atoms with Gasteiger partial charge in [-0.05, 0) is 38.0 Å². The molecular weight excluding hydrogens is 316 g/mol. The number of hydrogen-bond acceptors (Lipinski definition) is 5. The maximum Gasteiger partial charge on any atom is 0.0947 e. The maximum absolute atomic E-state index is 6.20. The summed E-state index contributed by atoms with van der Waals surface area (Å²) in [7, 11) is 0. The van der Waals surface area contributed by atoms with Gasteiger partial charge in [0.25, 0.3) is 0 Å². The highest BCUT2D eigenvalue weighted by Gasteiger charge is 2.43. The zero-order valence-corrected chi connectivity index (χ0v) is 14.8. The molecule has 0 saturated carbocycles. The number of aromatic nitrogens is 1. The van der Waals surface area contributed by atoms with Crippen LogP contribution >= 0.6 is 0 Å². The van der Waals surface area contributed by atoms with Gasteiger partial charge >= 0.3 is 0 Å². The van der Waals surface area contributed by atoms with E-state index in [4.69, 9.17) is 13.9 Å². The number of pyridine rings is 1. The molecule has 2 aromatic rings. The molecular formula is C20H26N2O3. The Balaban J connectivity index is 1.25. The Kier molecular flexibility index (Phi) is 4.88. The van der Waals surface area contributed by atoms with Crippen molar-refractivity contribution in [3.8, 4) is 0 Å². The average molecular weight is 342 g/mol. The van der Waals surface area contributed by atoms with Crippen LogP contribution in [0.1, 0.15) is 36.2 Å². The lowest BCUT2D eigenvalue weighted by Crippen LogP contribution is -2.43. The monoisotopic (exact) mass is 342 g/mol. The standard InChI is InChI=1S/C20H26N2O3/c1-16-3-2-4-18(21-16)14-24-19-11-20(25-15-19)6-8-22(9-7-20)12-17-5-10-23-13-17/h2-5,10,13,19H,6-9,11-12,14-15H2,1H3/t19-/m0/s1. The van der Waals surface area contributed by atoms with E-state index >= 15 is 0 Å². The van der Waals surface area contributed by atoms with Gasteiger partial charge in [0.1, 0.15) is 0 Å². The summed E-state index contributed by atoms with van der Waals surface area (Å²) in [4.78, 5) is 6.98. The highest BCUT2D eigenvalue weighted by Crippen LogP contribution is 2.37. The minimum absolute atomic E-state index is 0.0115. The van der Waals surface area contributed by atoms with Gasteiger partial charge < -0.3 is 13.9 Å². The van der Waals surface area contributed by atoms with Crippen molar-refractivity contribution >= 4 is 0 Å².